The van der Waals surface area contributed by atoms with Gasteiger partial charge in [-0.25, -0.2) is 0 Å². The Morgan fingerprint density at radius 1 is 1.10 bits per heavy atom. The predicted molar refractivity (Wildman–Crippen MR) is 88.4 cm³/mol. The van der Waals surface area contributed by atoms with Gasteiger partial charge in [0.1, 0.15) is 0 Å². The molecule has 0 aromatic heterocycles. The zero-order valence-electron chi connectivity index (χ0n) is 13.6. The van der Waals surface area contributed by atoms with Crippen LogP contribution in [0.25, 0.3) is 0 Å². The Balaban J connectivity index is 2.15. The fourth-order valence-corrected chi connectivity index (χ4v) is 2.37. The molecule has 0 spiro atoms. The summed E-state index contributed by atoms with van der Waals surface area (Å²) in [6.07, 6.45) is 5.39. The maximum Gasteiger partial charge on any atom is 0.0897 e. The van der Waals surface area contributed by atoms with Crippen molar-refractivity contribution in [1.29, 1.82) is 0 Å². The third-order valence-electron chi connectivity index (χ3n) is 3.66. The van der Waals surface area contributed by atoms with Gasteiger partial charge >= 0.3 is 0 Å². The first-order valence-corrected chi connectivity index (χ1v) is 8.32. The number of ether oxygens (including phenoxy) is 1. The van der Waals surface area contributed by atoms with Crippen LogP contribution >= 0.6 is 0 Å². The van der Waals surface area contributed by atoms with Crippen LogP contribution in [0, 0.1) is 0 Å². The SMILES string of the molecule is CCCCCCOCC(O)CNC(CC)c1ccccc1. The summed E-state index contributed by atoms with van der Waals surface area (Å²) in [6.45, 7) is 6.11. The zero-order chi connectivity index (χ0) is 15.3. The van der Waals surface area contributed by atoms with Crippen molar-refractivity contribution in [3.63, 3.8) is 0 Å². The minimum absolute atomic E-state index is 0.297. The Labute approximate surface area is 129 Å². The second kappa shape index (κ2) is 11.7. The molecule has 0 fully saturated rings. The molecular weight excluding hydrogens is 262 g/mol. The molecule has 0 heterocycles. The van der Waals surface area contributed by atoms with E-state index < -0.39 is 6.10 Å². The highest BCUT2D eigenvalue weighted by Crippen LogP contribution is 2.15. The standard InChI is InChI=1S/C18H31NO2/c1-3-5-6-10-13-21-15-17(20)14-19-18(4-2)16-11-8-7-9-12-16/h7-9,11-12,17-20H,3-6,10,13-15H2,1-2H3. The summed E-state index contributed by atoms with van der Waals surface area (Å²) < 4.78 is 5.52. The van der Waals surface area contributed by atoms with Crippen molar-refractivity contribution >= 4 is 0 Å². The normalized spacial score (nSPS) is 14.0. The van der Waals surface area contributed by atoms with Crippen molar-refractivity contribution < 1.29 is 9.84 Å². The van der Waals surface area contributed by atoms with E-state index in [0.717, 1.165) is 19.4 Å². The van der Waals surface area contributed by atoms with Crippen molar-refractivity contribution in [1.82, 2.24) is 5.32 Å². The molecule has 2 N–H and O–H groups in total. The smallest absolute Gasteiger partial charge is 0.0897 e. The molecule has 3 nitrogen and oxygen atoms in total. The molecule has 21 heavy (non-hydrogen) atoms. The van der Waals surface area contributed by atoms with E-state index in [1.54, 1.807) is 0 Å². The number of nitrogens with one attached hydrogen (secondary N) is 1. The lowest BCUT2D eigenvalue weighted by Gasteiger charge is -2.20. The van der Waals surface area contributed by atoms with Gasteiger partial charge in [-0.05, 0) is 18.4 Å². The lowest BCUT2D eigenvalue weighted by atomic mass is 10.0. The predicted octanol–water partition coefficient (Wildman–Crippen LogP) is 3.69. The summed E-state index contributed by atoms with van der Waals surface area (Å²) >= 11 is 0. The van der Waals surface area contributed by atoms with Gasteiger partial charge in [0.15, 0.2) is 0 Å². The first-order chi connectivity index (χ1) is 10.3. The number of hydrogen-bond acceptors (Lipinski definition) is 3. The highest BCUT2D eigenvalue weighted by atomic mass is 16.5. The van der Waals surface area contributed by atoms with Crippen LogP contribution in [0.3, 0.4) is 0 Å². The van der Waals surface area contributed by atoms with E-state index in [9.17, 15) is 5.11 Å². The van der Waals surface area contributed by atoms with Crippen LogP contribution in [0.15, 0.2) is 30.3 Å². The number of hydrogen-bond donors (Lipinski definition) is 2. The van der Waals surface area contributed by atoms with Gasteiger partial charge in [0.05, 0.1) is 12.7 Å². The Morgan fingerprint density at radius 2 is 1.86 bits per heavy atom. The average molecular weight is 293 g/mol. The number of aliphatic hydroxyl groups is 1. The Morgan fingerprint density at radius 3 is 2.52 bits per heavy atom. The molecule has 2 atom stereocenters. The highest BCUT2D eigenvalue weighted by Gasteiger charge is 2.11. The Hall–Kier alpha value is -0.900. The second-order valence-corrected chi connectivity index (χ2v) is 5.57. The van der Waals surface area contributed by atoms with E-state index in [4.69, 9.17) is 4.74 Å². The molecule has 0 amide bonds. The highest BCUT2D eigenvalue weighted by molar-refractivity contribution is 5.18. The molecular formula is C18H31NO2. The number of rotatable bonds is 12. The topological polar surface area (TPSA) is 41.5 Å². The van der Waals surface area contributed by atoms with Gasteiger partial charge in [-0.1, -0.05) is 63.4 Å². The first-order valence-electron chi connectivity index (χ1n) is 8.32. The third kappa shape index (κ3) is 8.20. The molecule has 1 aromatic carbocycles. The van der Waals surface area contributed by atoms with E-state index in [0.29, 0.717) is 19.2 Å². The van der Waals surface area contributed by atoms with Crippen molar-refractivity contribution in [3.05, 3.63) is 35.9 Å². The molecule has 3 heteroatoms. The number of aliphatic hydroxyl groups excluding tert-OH is 1. The van der Waals surface area contributed by atoms with Gasteiger partial charge in [0, 0.05) is 19.2 Å². The second-order valence-electron chi connectivity index (χ2n) is 5.57. The average Bonchev–Trinajstić information content (AvgIpc) is 2.52. The van der Waals surface area contributed by atoms with E-state index in [1.165, 1.54) is 24.8 Å². The fraction of sp³-hybridized carbons (Fsp3) is 0.667. The molecule has 0 radical (unpaired) electrons. The minimum Gasteiger partial charge on any atom is -0.389 e. The lowest BCUT2D eigenvalue weighted by molar-refractivity contribution is 0.0340. The monoisotopic (exact) mass is 293 g/mol. The Kier molecular flexibility index (Phi) is 10.1. The molecule has 120 valence electrons. The molecule has 0 aliphatic rings. The quantitative estimate of drug-likeness (QED) is 0.578. The maximum absolute atomic E-state index is 9.96. The number of benzene rings is 1. The van der Waals surface area contributed by atoms with E-state index in [1.807, 2.05) is 6.07 Å². The van der Waals surface area contributed by atoms with Crippen molar-refractivity contribution in [2.45, 2.75) is 58.1 Å². The minimum atomic E-state index is -0.436. The van der Waals surface area contributed by atoms with E-state index in [2.05, 4.69) is 43.4 Å². The van der Waals surface area contributed by atoms with Crippen molar-refractivity contribution in [2.75, 3.05) is 19.8 Å². The van der Waals surface area contributed by atoms with Crippen LogP contribution in [0.4, 0.5) is 0 Å². The molecule has 1 aromatic rings. The zero-order valence-corrected chi connectivity index (χ0v) is 13.6. The summed E-state index contributed by atoms with van der Waals surface area (Å²) in [5.41, 5.74) is 1.27. The van der Waals surface area contributed by atoms with Crippen LogP contribution in [-0.4, -0.2) is 31.0 Å². The van der Waals surface area contributed by atoms with Crippen molar-refractivity contribution in [3.8, 4) is 0 Å². The molecule has 0 aliphatic heterocycles. The summed E-state index contributed by atoms with van der Waals surface area (Å²) in [7, 11) is 0. The molecule has 2 unspecified atom stereocenters. The third-order valence-corrected chi connectivity index (χ3v) is 3.66. The molecule has 0 saturated heterocycles. The van der Waals surface area contributed by atoms with Gasteiger partial charge < -0.3 is 15.2 Å². The molecule has 0 bridgehead atoms. The molecule has 0 saturated carbocycles. The van der Waals surface area contributed by atoms with Gasteiger partial charge in [0.2, 0.25) is 0 Å². The first kappa shape index (κ1) is 18.1. The number of unbranched alkanes of at least 4 members (excludes halogenated alkanes) is 3. The van der Waals surface area contributed by atoms with Gasteiger partial charge in [-0.15, -0.1) is 0 Å². The Bertz CT molecular complexity index is 342. The van der Waals surface area contributed by atoms with Crippen LogP contribution < -0.4 is 5.32 Å². The summed E-state index contributed by atoms with van der Waals surface area (Å²) in [4.78, 5) is 0. The van der Waals surface area contributed by atoms with Crippen LogP contribution in [0.2, 0.25) is 0 Å². The van der Waals surface area contributed by atoms with E-state index in [-0.39, 0.29) is 0 Å². The van der Waals surface area contributed by atoms with E-state index >= 15 is 0 Å². The van der Waals surface area contributed by atoms with Gasteiger partial charge in [0.25, 0.3) is 0 Å². The maximum atomic E-state index is 9.96. The van der Waals surface area contributed by atoms with Crippen LogP contribution in [0.5, 0.6) is 0 Å². The summed E-state index contributed by atoms with van der Waals surface area (Å²) in [6, 6.07) is 10.7. The summed E-state index contributed by atoms with van der Waals surface area (Å²) in [5.74, 6) is 0. The lowest BCUT2D eigenvalue weighted by Crippen LogP contribution is -2.33. The van der Waals surface area contributed by atoms with Crippen LogP contribution in [0.1, 0.15) is 57.6 Å². The van der Waals surface area contributed by atoms with Crippen molar-refractivity contribution in [2.24, 2.45) is 0 Å². The van der Waals surface area contributed by atoms with Gasteiger partial charge in [-0.3, -0.25) is 0 Å². The molecule has 1 rings (SSSR count). The largest absolute Gasteiger partial charge is 0.389 e. The summed E-state index contributed by atoms with van der Waals surface area (Å²) in [5, 5.41) is 13.4. The fourth-order valence-electron chi connectivity index (χ4n) is 2.37. The molecule has 0 aliphatic carbocycles. The van der Waals surface area contributed by atoms with Gasteiger partial charge in [-0.2, -0.15) is 0 Å². The van der Waals surface area contributed by atoms with Crippen LogP contribution in [-0.2, 0) is 4.74 Å².